The van der Waals surface area contributed by atoms with Gasteiger partial charge in [0, 0.05) is 73.7 Å². The number of carbonyl (C=O) groups excluding carboxylic acids is 2. The summed E-state index contributed by atoms with van der Waals surface area (Å²) >= 11 is 0. The van der Waals surface area contributed by atoms with Gasteiger partial charge in [-0.3, -0.25) is 9.59 Å². The maximum absolute atomic E-state index is 14.5. The Hall–Kier alpha value is -3.54. The van der Waals surface area contributed by atoms with Gasteiger partial charge in [-0.2, -0.15) is 0 Å². The van der Waals surface area contributed by atoms with Crippen LogP contribution in [0.3, 0.4) is 0 Å². The SMILES string of the molecule is CC[C@@]1(O)C[C@H](O[C@H]2C[C@H](N(C)C)[C@@H](O[C@H]3C[C@H](O)[C@@H](O[C@H]4CC[C@H](O)[C@H](C)O4)[C@H](C)O3)[C@H](C)O2)c2c(O)c3c(c(O)c2[C@H]1O[C@H]1C[C@H](N(C)C)[C@@H](O[C@H]2CC[C@H](O[C@H]4CC[C@H](O)[C@H](C)O4)[C@H](C)O2)[C@H](C)O1)C(=O)c1cccc(O)c1C3=O. The quantitative estimate of drug-likeness (QED) is 0.101. The van der Waals surface area contributed by atoms with Crippen LogP contribution in [-0.4, -0.2) is 220 Å². The third-order valence-electron chi connectivity index (χ3n) is 18.6. The third-order valence-corrected chi connectivity index (χ3v) is 18.6. The zero-order valence-corrected chi connectivity index (χ0v) is 49.5. The van der Waals surface area contributed by atoms with Crippen LogP contribution in [0.5, 0.6) is 17.2 Å². The first-order valence-electron chi connectivity index (χ1n) is 29.8. The summed E-state index contributed by atoms with van der Waals surface area (Å²) in [7, 11) is 7.57. The lowest BCUT2D eigenvalue weighted by Gasteiger charge is -2.50. The zero-order chi connectivity index (χ0) is 59.7. The van der Waals surface area contributed by atoms with Gasteiger partial charge in [-0.1, -0.05) is 19.1 Å². The van der Waals surface area contributed by atoms with E-state index in [1.165, 1.54) is 18.2 Å². The van der Waals surface area contributed by atoms with Gasteiger partial charge in [0.2, 0.25) is 5.78 Å². The average molecular weight is 1170 g/mol. The molecule has 8 aliphatic rings. The Balaban J connectivity index is 0.890. The molecule has 83 heavy (non-hydrogen) atoms. The minimum Gasteiger partial charge on any atom is -0.507 e. The molecule has 2 aromatic carbocycles. The van der Waals surface area contributed by atoms with E-state index in [4.69, 9.17) is 56.8 Å². The van der Waals surface area contributed by atoms with E-state index in [1.54, 1.807) is 20.8 Å². The lowest BCUT2D eigenvalue weighted by atomic mass is 9.70. The number of hydrogen-bond acceptors (Lipinski definition) is 23. The summed E-state index contributed by atoms with van der Waals surface area (Å²) in [6.45, 7) is 12.7. The minimum atomic E-state index is -1.88. The Morgan fingerprint density at radius 3 is 1.53 bits per heavy atom. The molecule has 0 unspecified atom stereocenters. The number of likely N-dealkylation sites (N-methyl/N-ethyl adjacent to an activating group) is 2. The van der Waals surface area contributed by atoms with Crippen LogP contribution >= 0.6 is 0 Å². The molecule has 0 radical (unpaired) electrons. The van der Waals surface area contributed by atoms with Crippen molar-refractivity contribution in [3.8, 4) is 17.2 Å². The first-order valence-corrected chi connectivity index (χ1v) is 29.8. The van der Waals surface area contributed by atoms with Crippen LogP contribution in [0.4, 0.5) is 0 Å². The summed E-state index contributed by atoms with van der Waals surface area (Å²) in [5, 5.41) is 81.1. The molecule has 0 spiro atoms. The fraction of sp³-hybridized carbons (Fsp3) is 0.767. The van der Waals surface area contributed by atoms with Crippen LogP contribution in [0.25, 0.3) is 0 Å². The van der Waals surface area contributed by atoms with Gasteiger partial charge in [0.05, 0.1) is 89.4 Å². The van der Waals surface area contributed by atoms with Crippen molar-refractivity contribution in [3.63, 3.8) is 0 Å². The van der Waals surface area contributed by atoms with Gasteiger partial charge in [-0.25, -0.2) is 0 Å². The lowest BCUT2D eigenvalue weighted by molar-refractivity contribution is -0.330. The van der Waals surface area contributed by atoms with Crippen LogP contribution in [0.2, 0.25) is 0 Å². The summed E-state index contributed by atoms with van der Waals surface area (Å²) in [5.74, 6) is -3.62. The van der Waals surface area contributed by atoms with E-state index < -0.39 is 163 Å². The highest BCUT2D eigenvalue weighted by molar-refractivity contribution is 6.31. The highest BCUT2D eigenvalue weighted by atomic mass is 16.8. The van der Waals surface area contributed by atoms with Crippen molar-refractivity contribution in [1.29, 1.82) is 0 Å². The average Bonchev–Trinajstić information content (AvgIpc) is 0.798. The summed E-state index contributed by atoms with van der Waals surface area (Å²) in [6, 6.07) is 3.28. The molecule has 6 saturated heterocycles. The van der Waals surface area contributed by atoms with Crippen molar-refractivity contribution < 1.29 is 102 Å². The molecular formula is C60H88N2O21. The first kappa shape index (κ1) is 62.5. The van der Waals surface area contributed by atoms with Crippen LogP contribution in [0.15, 0.2) is 18.2 Å². The number of ether oxygens (including phenoxy) is 12. The van der Waals surface area contributed by atoms with Gasteiger partial charge < -0.3 is 102 Å². The van der Waals surface area contributed by atoms with E-state index in [2.05, 4.69) is 0 Å². The standard InChI is InChI=1S/C60H88N2O21/c1-12-60(71)25-40(79-44-22-33(61(8)9)57(30(6)75-44)82-46-24-38(66)58(31(7)77-46)81-42-20-17-36(64)27(3)73-42)48-51(55(70)49-50(54(48)69)53(68)47-32(52(49)67)14-13-15-37(47)65)59(60)83-45-23-34(62(10)11)56(29(5)76-45)80-43-21-18-39(28(4)74-43)78-41-19-16-35(63)26(2)72-41/h13-15,26-31,33-36,38-46,56-59,63-66,69-71H,12,16-25H2,1-11H3/t26-,27-,28-,29-,30-,31-,33-,34-,35-,36-,38-,39-,40-,41-,42-,43-,44-,45-,46-,56-,57-,58-,59+,60+/m0/s1. The molecule has 7 N–H and O–H groups in total. The summed E-state index contributed by atoms with van der Waals surface area (Å²) in [5.41, 5.74) is -3.72. The Kier molecular flexibility index (Phi) is 19.0. The number of aliphatic hydroxyl groups excluding tert-OH is 3. The van der Waals surface area contributed by atoms with E-state index in [1.807, 2.05) is 65.7 Å². The third kappa shape index (κ3) is 12.5. The normalized spacial score (nSPS) is 42.3. The number of hydrogen-bond donors (Lipinski definition) is 7. The second kappa shape index (κ2) is 25.3. The maximum Gasteiger partial charge on any atom is 0.202 e. The molecule has 0 saturated carbocycles. The Labute approximate surface area is 485 Å². The van der Waals surface area contributed by atoms with Gasteiger partial charge in [-0.15, -0.1) is 0 Å². The Morgan fingerprint density at radius 1 is 0.518 bits per heavy atom. The molecule has 24 atom stereocenters. The summed E-state index contributed by atoms with van der Waals surface area (Å²) in [6.07, 6.45) is -11.0. The highest BCUT2D eigenvalue weighted by Crippen LogP contribution is 2.58. The maximum atomic E-state index is 14.5. The molecule has 0 amide bonds. The van der Waals surface area contributed by atoms with Gasteiger partial charge in [0.15, 0.2) is 43.5 Å². The second-order valence-electron chi connectivity index (χ2n) is 24.7. The second-order valence-corrected chi connectivity index (χ2v) is 24.7. The summed E-state index contributed by atoms with van der Waals surface area (Å²) in [4.78, 5) is 33.0. The van der Waals surface area contributed by atoms with Crippen molar-refractivity contribution in [3.05, 3.63) is 51.6 Å². The molecule has 23 nitrogen and oxygen atoms in total. The molecule has 10 rings (SSSR count). The molecule has 6 heterocycles. The van der Waals surface area contributed by atoms with Crippen LogP contribution in [-0.2, 0) is 56.8 Å². The molecule has 464 valence electrons. The molecule has 2 aromatic rings. The molecule has 23 heteroatoms. The summed E-state index contributed by atoms with van der Waals surface area (Å²) < 4.78 is 77.3. The number of carbonyl (C=O) groups is 2. The number of fused-ring (bicyclic) bond motifs is 3. The van der Waals surface area contributed by atoms with E-state index in [0.717, 1.165) is 0 Å². The number of ketones is 2. The molecular weight excluding hydrogens is 1080 g/mol. The lowest BCUT2D eigenvalue weighted by Crippen LogP contribution is -2.58. The van der Waals surface area contributed by atoms with Crippen molar-refractivity contribution in [2.75, 3.05) is 28.2 Å². The van der Waals surface area contributed by atoms with E-state index in [0.29, 0.717) is 38.5 Å². The Morgan fingerprint density at radius 2 is 0.988 bits per heavy atom. The Bertz CT molecular complexity index is 2610. The predicted octanol–water partition coefficient (Wildman–Crippen LogP) is 4.70. The number of aromatic hydroxyl groups is 3. The van der Waals surface area contributed by atoms with E-state index in [-0.39, 0.29) is 78.7 Å². The minimum absolute atomic E-state index is 0.0182. The van der Waals surface area contributed by atoms with Gasteiger partial charge in [0.25, 0.3) is 0 Å². The molecule has 6 aliphatic heterocycles. The number of phenolic OH excluding ortho intramolecular Hbond substituents is 3. The van der Waals surface area contributed by atoms with Gasteiger partial charge >= 0.3 is 0 Å². The van der Waals surface area contributed by atoms with Crippen LogP contribution in [0.1, 0.15) is 174 Å². The number of rotatable bonds is 15. The zero-order valence-electron chi connectivity index (χ0n) is 49.5. The smallest absolute Gasteiger partial charge is 0.202 e. The van der Waals surface area contributed by atoms with Crippen LogP contribution in [0, 0.1) is 0 Å². The molecule has 2 aliphatic carbocycles. The monoisotopic (exact) mass is 1170 g/mol. The first-order chi connectivity index (χ1) is 39.4. The fourth-order valence-electron chi connectivity index (χ4n) is 13.7. The van der Waals surface area contributed by atoms with E-state index in [9.17, 15) is 45.3 Å². The molecule has 0 aromatic heterocycles. The fourth-order valence-corrected chi connectivity index (χ4v) is 13.7. The number of benzene rings is 2. The number of aliphatic hydroxyl groups is 4. The molecule has 0 bridgehead atoms. The van der Waals surface area contributed by atoms with Crippen molar-refractivity contribution in [1.82, 2.24) is 9.80 Å². The van der Waals surface area contributed by atoms with Gasteiger partial charge in [-0.05, 0) is 101 Å². The largest absolute Gasteiger partial charge is 0.507 e. The number of nitrogens with zero attached hydrogens (tertiary/aromatic N) is 2. The topological polar surface area (TPSA) is 293 Å². The van der Waals surface area contributed by atoms with Crippen molar-refractivity contribution >= 4 is 11.6 Å². The predicted molar refractivity (Wildman–Crippen MR) is 292 cm³/mol. The van der Waals surface area contributed by atoms with Crippen LogP contribution < -0.4 is 0 Å². The molecule has 6 fully saturated rings. The number of phenols is 3. The van der Waals surface area contributed by atoms with E-state index >= 15 is 0 Å². The van der Waals surface area contributed by atoms with Crippen molar-refractivity contribution in [2.45, 2.75) is 266 Å². The highest BCUT2D eigenvalue weighted by Gasteiger charge is 2.55. The van der Waals surface area contributed by atoms with Crippen molar-refractivity contribution in [2.24, 2.45) is 0 Å². The van der Waals surface area contributed by atoms with Gasteiger partial charge in [0.1, 0.15) is 41.7 Å².